The van der Waals surface area contributed by atoms with Crippen molar-refractivity contribution in [2.24, 2.45) is 0 Å². The summed E-state index contributed by atoms with van der Waals surface area (Å²) in [6, 6.07) is 13.1. The third kappa shape index (κ3) is 2.74. The van der Waals surface area contributed by atoms with Crippen LogP contribution in [0.1, 0.15) is 28.2 Å². The number of nitrogens with one attached hydrogen (secondary N) is 1. The Hall–Kier alpha value is -2.37. The summed E-state index contributed by atoms with van der Waals surface area (Å²) in [5.74, 6) is 6.08. The average Bonchev–Trinajstić information content (AvgIpc) is 2.65. The van der Waals surface area contributed by atoms with Crippen molar-refractivity contribution in [1.29, 1.82) is 0 Å². The van der Waals surface area contributed by atoms with Crippen LogP contribution in [-0.2, 0) is 0 Å². The molecule has 0 aromatic heterocycles. The molecule has 2 aromatic carbocycles. The van der Waals surface area contributed by atoms with Gasteiger partial charge in [0.2, 0.25) is 0 Å². The van der Waals surface area contributed by atoms with E-state index in [1.807, 2.05) is 31.3 Å². The van der Waals surface area contributed by atoms with Crippen LogP contribution in [0.15, 0.2) is 42.5 Å². The number of halogens is 1. The van der Waals surface area contributed by atoms with Gasteiger partial charge in [0, 0.05) is 0 Å². The van der Waals surface area contributed by atoms with Gasteiger partial charge in [-0.05, 0) is 41.4 Å². The number of benzene rings is 2. The highest BCUT2D eigenvalue weighted by molar-refractivity contribution is 5.77. The van der Waals surface area contributed by atoms with Gasteiger partial charge in [0.25, 0.3) is 0 Å². The average molecular weight is 277 g/mol. The van der Waals surface area contributed by atoms with Crippen molar-refractivity contribution >= 4 is 12.2 Å². The van der Waals surface area contributed by atoms with E-state index in [2.05, 4.69) is 35.4 Å². The molecular formula is C19H16FN. The molecule has 2 aromatic rings. The van der Waals surface area contributed by atoms with Crippen LogP contribution in [0.4, 0.5) is 4.39 Å². The van der Waals surface area contributed by atoms with Gasteiger partial charge in [-0.1, -0.05) is 54.3 Å². The van der Waals surface area contributed by atoms with Gasteiger partial charge >= 0.3 is 0 Å². The van der Waals surface area contributed by atoms with Crippen molar-refractivity contribution in [3.05, 3.63) is 70.5 Å². The molecule has 0 heterocycles. The predicted molar refractivity (Wildman–Crippen MR) is 85.3 cm³/mol. The van der Waals surface area contributed by atoms with Crippen molar-refractivity contribution in [2.45, 2.75) is 5.92 Å². The van der Waals surface area contributed by atoms with Crippen molar-refractivity contribution in [3.63, 3.8) is 0 Å². The molecule has 1 atom stereocenters. The summed E-state index contributed by atoms with van der Waals surface area (Å²) in [7, 11) is 1.87. The maximum atomic E-state index is 13.7. The standard InChI is InChI=1S/C19H16FN/c1-21-12-4-7-18-17-6-3-2-5-14(17)8-9-15-10-11-16(20)13-19(15)18/h2-3,5-6,8-11,13,18,21H,12H2,1H3. The minimum atomic E-state index is -0.220. The topological polar surface area (TPSA) is 12.0 Å². The summed E-state index contributed by atoms with van der Waals surface area (Å²) >= 11 is 0. The maximum absolute atomic E-state index is 13.7. The minimum Gasteiger partial charge on any atom is -0.309 e. The molecule has 1 unspecified atom stereocenters. The molecule has 3 rings (SSSR count). The molecule has 0 saturated carbocycles. The molecular weight excluding hydrogens is 261 g/mol. The molecule has 0 radical (unpaired) electrons. The Morgan fingerprint density at radius 3 is 2.62 bits per heavy atom. The monoisotopic (exact) mass is 277 g/mol. The first-order valence-electron chi connectivity index (χ1n) is 6.99. The smallest absolute Gasteiger partial charge is 0.123 e. The zero-order valence-corrected chi connectivity index (χ0v) is 11.9. The van der Waals surface area contributed by atoms with E-state index in [-0.39, 0.29) is 11.7 Å². The lowest BCUT2D eigenvalue weighted by atomic mass is 9.88. The zero-order chi connectivity index (χ0) is 14.7. The summed E-state index contributed by atoms with van der Waals surface area (Å²) in [6.07, 6.45) is 4.11. The van der Waals surface area contributed by atoms with Gasteiger partial charge in [0.1, 0.15) is 5.82 Å². The number of hydrogen-bond acceptors (Lipinski definition) is 1. The van der Waals surface area contributed by atoms with Crippen LogP contribution in [0.2, 0.25) is 0 Å². The van der Waals surface area contributed by atoms with Gasteiger partial charge < -0.3 is 5.32 Å². The summed E-state index contributed by atoms with van der Waals surface area (Å²) in [5, 5.41) is 3.02. The largest absolute Gasteiger partial charge is 0.309 e. The van der Waals surface area contributed by atoms with Gasteiger partial charge in [-0.25, -0.2) is 4.39 Å². The van der Waals surface area contributed by atoms with Crippen LogP contribution in [0.25, 0.3) is 12.2 Å². The van der Waals surface area contributed by atoms with Crippen LogP contribution in [0, 0.1) is 17.7 Å². The molecule has 0 aliphatic heterocycles. The highest BCUT2D eigenvalue weighted by Gasteiger charge is 2.19. The van der Waals surface area contributed by atoms with Crippen molar-refractivity contribution in [1.82, 2.24) is 5.32 Å². The fourth-order valence-corrected chi connectivity index (χ4v) is 2.62. The molecule has 1 N–H and O–H groups in total. The molecule has 104 valence electrons. The summed E-state index contributed by atoms with van der Waals surface area (Å²) in [4.78, 5) is 0. The van der Waals surface area contributed by atoms with E-state index < -0.39 is 0 Å². The first-order chi connectivity index (χ1) is 10.3. The number of fused-ring (bicyclic) bond motifs is 2. The molecule has 21 heavy (non-hydrogen) atoms. The second kappa shape index (κ2) is 5.95. The Morgan fingerprint density at radius 2 is 1.81 bits per heavy atom. The first-order valence-corrected chi connectivity index (χ1v) is 6.99. The Bertz CT molecular complexity index is 750. The summed E-state index contributed by atoms with van der Waals surface area (Å²) in [6.45, 7) is 0.622. The van der Waals surface area contributed by atoms with Crippen molar-refractivity contribution in [3.8, 4) is 11.8 Å². The normalized spacial score (nSPS) is 15.4. The minimum absolute atomic E-state index is 0.102. The molecule has 1 aliphatic rings. The molecule has 0 bridgehead atoms. The van der Waals surface area contributed by atoms with Gasteiger partial charge in [-0.3, -0.25) is 0 Å². The van der Waals surface area contributed by atoms with E-state index >= 15 is 0 Å². The Morgan fingerprint density at radius 1 is 1.05 bits per heavy atom. The van der Waals surface area contributed by atoms with Crippen LogP contribution in [0.3, 0.4) is 0 Å². The summed E-state index contributed by atoms with van der Waals surface area (Å²) < 4.78 is 13.7. The van der Waals surface area contributed by atoms with E-state index in [0.717, 1.165) is 22.3 Å². The lowest BCUT2D eigenvalue weighted by Crippen LogP contribution is -2.06. The summed E-state index contributed by atoms with van der Waals surface area (Å²) in [5.41, 5.74) is 4.22. The van der Waals surface area contributed by atoms with Crippen LogP contribution in [0.5, 0.6) is 0 Å². The van der Waals surface area contributed by atoms with Gasteiger partial charge in [0.05, 0.1) is 12.5 Å². The fraction of sp³-hybridized carbons (Fsp3) is 0.158. The molecule has 0 fully saturated rings. The Balaban J connectivity index is 2.19. The third-order valence-electron chi connectivity index (χ3n) is 3.62. The van der Waals surface area contributed by atoms with Crippen LogP contribution in [-0.4, -0.2) is 13.6 Å². The molecule has 2 heteroatoms. The molecule has 0 saturated heterocycles. The quantitative estimate of drug-likeness (QED) is 0.784. The van der Waals surface area contributed by atoms with Crippen molar-refractivity contribution < 1.29 is 4.39 Å². The van der Waals surface area contributed by atoms with Crippen LogP contribution < -0.4 is 5.32 Å². The van der Waals surface area contributed by atoms with E-state index in [4.69, 9.17) is 0 Å². The predicted octanol–water partition coefficient (Wildman–Crippen LogP) is 3.66. The van der Waals surface area contributed by atoms with Gasteiger partial charge in [0.15, 0.2) is 0 Å². The lowest BCUT2D eigenvalue weighted by Gasteiger charge is -2.15. The second-order valence-corrected chi connectivity index (χ2v) is 5.02. The Kier molecular flexibility index (Phi) is 3.85. The van der Waals surface area contributed by atoms with Gasteiger partial charge in [-0.2, -0.15) is 0 Å². The third-order valence-corrected chi connectivity index (χ3v) is 3.62. The van der Waals surface area contributed by atoms with E-state index in [0.29, 0.717) is 6.54 Å². The number of rotatable bonds is 1. The Labute approximate surface area is 124 Å². The first kappa shape index (κ1) is 13.6. The highest BCUT2D eigenvalue weighted by atomic mass is 19.1. The van der Waals surface area contributed by atoms with Crippen molar-refractivity contribution in [2.75, 3.05) is 13.6 Å². The molecule has 0 amide bonds. The SMILES string of the molecule is CNCC#CC1c2ccccc2C=Cc2ccc(F)cc21. The zero-order valence-electron chi connectivity index (χ0n) is 11.9. The van der Waals surface area contributed by atoms with Crippen LogP contribution >= 0.6 is 0 Å². The van der Waals surface area contributed by atoms with Gasteiger partial charge in [-0.15, -0.1) is 0 Å². The highest BCUT2D eigenvalue weighted by Crippen LogP contribution is 2.34. The second-order valence-electron chi connectivity index (χ2n) is 5.02. The van der Waals surface area contributed by atoms with E-state index in [1.165, 1.54) is 6.07 Å². The fourth-order valence-electron chi connectivity index (χ4n) is 2.62. The molecule has 0 spiro atoms. The van der Waals surface area contributed by atoms with E-state index in [9.17, 15) is 4.39 Å². The maximum Gasteiger partial charge on any atom is 0.123 e. The lowest BCUT2D eigenvalue weighted by molar-refractivity contribution is 0.625. The molecule has 1 nitrogen and oxygen atoms in total. The van der Waals surface area contributed by atoms with E-state index in [1.54, 1.807) is 6.07 Å². The number of hydrogen-bond donors (Lipinski definition) is 1. The molecule has 1 aliphatic carbocycles.